The Kier molecular flexibility index (Phi) is 3.69. The van der Waals surface area contributed by atoms with Gasteiger partial charge in [-0.1, -0.05) is 93.6 Å². The van der Waals surface area contributed by atoms with Crippen molar-refractivity contribution in [3.05, 3.63) is 78.9 Å². The molecule has 25 heavy (non-hydrogen) atoms. The summed E-state index contributed by atoms with van der Waals surface area (Å²) in [7, 11) is -2.36. The summed E-state index contributed by atoms with van der Waals surface area (Å²) in [6.07, 6.45) is 0. The highest BCUT2D eigenvalue weighted by Crippen LogP contribution is 2.37. The molecule has 0 amide bonds. The second kappa shape index (κ2) is 5.78. The lowest BCUT2D eigenvalue weighted by Gasteiger charge is -2.44. The van der Waals surface area contributed by atoms with E-state index in [9.17, 15) is 0 Å². The first-order valence-corrected chi connectivity index (χ1v) is 10.6. The number of rotatable bonds is 3. The largest absolute Gasteiger partial charge is 0.286 e. The first-order valence-electron chi connectivity index (χ1n) is 8.64. The summed E-state index contributed by atoms with van der Waals surface area (Å²) in [5.41, 5.74) is 1.74. The lowest BCUT2D eigenvalue weighted by Crippen LogP contribution is -2.72. The van der Waals surface area contributed by atoms with Crippen LogP contribution in [0.5, 0.6) is 0 Å². The number of benzene rings is 3. The molecule has 1 aromatic heterocycles. The van der Waals surface area contributed by atoms with Gasteiger partial charge in [0.05, 0.1) is 0 Å². The Balaban J connectivity index is 2.15. The molecule has 0 unspecified atom stereocenters. The Hall–Kier alpha value is -2.52. The summed E-state index contributed by atoms with van der Waals surface area (Å²) in [5.74, 6) is 0. The van der Waals surface area contributed by atoms with Gasteiger partial charge < -0.3 is 0 Å². The Bertz CT molecular complexity index is 935. The van der Waals surface area contributed by atoms with Gasteiger partial charge >= 0.3 is 0 Å². The molecule has 4 rings (SSSR count). The van der Waals surface area contributed by atoms with Gasteiger partial charge in [-0.3, -0.25) is 9.15 Å². The van der Waals surface area contributed by atoms with E-state index < -0.39 is 8.07 Å². The molecule has 126 valence electrons. The van der Waals surface area contributed by atoms with E-state index in [1.165, 1.54) is 15.6 Å². The number of para-hydroxylation sites is 1. The summed E-state index contributed by atoms with van der Waals surface area (Å²) < 4.78 is 10.7. The van der Waals surface area contributed by atoms with E-state index in [1.807, 2.05) is 6.07 Å². The lowest BCUT2D eigenvalue weighted by atomic mass is 10.2. The van der Waals surface area contributed by atoms with E-state index in [0.29, 0.717) is 0 Å². The topological polar surface area (TPSA) is 26.3 Å². The first-order chi connectivity index (χ1) is 12.0. The minimum absolute atomic E-state index is 0.0454. The zero-order valence-electron chi connectivity index (χ0n) is 14.8. The maximum atomic E-state index is 5.49. The molecule has 0 aliphatic rings. The van der Waals surface area contributed by atoms with Crippen LogP contribution >= 0.6 is 0 Å². The van der Waals surface area contributed by atoms with Crippen LogP contribution in [0.2, 0.25) is 5.04 Å². The molecule has 2 nitrogen and oxygen atoms in total. The molecular formula is C22H22O2Si. The van der Waals surface area contributed by atoms with Gasteiger partial charge in [-0.2, -0.15) is 0 Å². The highest BCUT2D eigenvalue weighted by atomic mass is 28.3. The number of hydrogen-bond donors (Lipinski definition) is 0. The van der Waals surface area contributed by atoms with Crippen molar-refractivity contribution >= 4 is 34.8 Å². The van der Waals surface area contributed by atoms with Crippen molar-refractivity contribution in [2.24, 2.45) is 0 Å². The fraction of sp³-hybridized carbons (Fsp3) is 0.182. The van der Waals surface area contributed by atoms with Crippen LogP contribution in [-0.2, 0) is 0 Å². The smallest absolute Gasteiger partial charge is 0.225 e. The molecule has 0 aliphatic heterocycles. The van der Waals surface area contributed by atoms with Crippen molar-refractivity contribution in [2.45, 2.75) is 25.8 Å². The van der Waals surface area contributed by atoms with Crippen LogP contribution in [0.4, 0.5) is 0 Å². The summed E-state index contributed by atoms with van der Waals surface area (Å²) in [6, 6.07) is 28.1. The Labute approximate surface area is 149 Å². The van der Waals surface area contributed by atoms with E-state index in [-0.39, 0.29) is 5.04 Å². The molecule has 0 radical (unpaired) electrons. The van der Waals surface area contributed by atoms with Gasteiger partial charge in [-0.15, -0.1) is 0 Å². The summed E-state index contributed by atoms with van der Waals surface area (Å²) in [5, 5.41) is 4.10. The predicted molar refractivity (Wildman–Crippen MR) is 106 cm³/mol. The quantitative estimate of drug-likeness (QED) is 0.314. The summed E-state index contributed by atoms with van der Waals surface area (Å²) in [6.45, 7) is 7.04. The highest BCUT2D eigenvalue weighted by molar-refractivity contribution is 7.14. The molecule has 0 N–H and O–H groups in total. The Morgan fingerprint density at radius 3 is 1.64 bits per heavy atom. The van der Waals surface area contributed by atoms with E-state index >= 15 is 0 Å². The normalized spacial score (nSPS) is 12.6. The van der Waals surface area contributed by atoms with E-state index in [4.69, 9.17) is 9.15 Å². The Morgan fingerprint density at radius 2 is 1.20 bits per heavy atom. The van der Waals surface area contributed by atoms with Crippen molar-refractivity contribution in [1.82, 2.24) is 0 Å². The standard InChI is InChI=1S/C22H22O2Si/c1-22(2,3)25(17-11-6-4-7-12-17,18-13-8-5-9-14-18)20-16-10-15-19-21(20)24-23-19/h4-16H,1-3H3. The van der Waals surface area contributed by atoms with Gasteiger partial charge in [0, 0.05) is 5.19 Å². The van der Waals surface area contributed by atoms with Gasteiger partial charge in [0.25, 0.3) is 0 Å². The third-order valence-corrected chi connectivity index (χ3v) is 11.0. The van der Waals surface area contributed by atoms with Crippen LogP contribution in [0.25, 0.3) is 11.2 Å². The van der Waals surface area contributed by atoms with E-state index in [0.717, 1.165) is 11.2 Å². The average Bonchev–Trinajstić information content (AvgIpc) is 2.58. The molecule has 1 heterocycles. The second-order valence-electron chi connectivity index (χ2n) is 7.53. The van der Waals surface area contributed by atoms with Crippen molar-refractivity contribution < 1.29 is 9.15 Å². The monoisotopic (exact) mass is 346 g/mol. The zero-order valence-corrected chi connectivity index (χ0v) is 15.8. The van der Waals surface area contributed by atoms with Gasteiger partial charge in [0.2, 0.25) is 11.2 Å². The van der Waals surface area contributed by atoms with Crippen LogP contribution in [0.3, 0.4) is 0 Å². The fourth-order valence-corrected chi connectivity index (χ4v) is 9.87. The predicted octanol–water partition coefficient (Wildman–Crippen LogP) is 4.30. The molecule has 0 atom stereocenters. The first kappa shape index (κ1) is 16.0. The minimum atomic E-state index is -2.36. The van der Waals surface area contributed by atoms with Crippen molar-refractivity contribution in [2.75, 3.05) is 0 Å². The second-order valence-corrected chi connectivity index (χ2v) is 12.2. The van der Waals surface area contributed by atoms with Crippen molar-refractivity contribution in [3.63, 3.8) is 0 Å². The Morgan fingerprint density at radius 1 is 0.640 bits per heavy atom. The molecule has 3 aromatic carbocycles. The zero-order chi connectivity index (χ0) is 17.5. The van der Waals surface area contributed by atoms with E-state index in [1.54, 1.807) is 0 Å². The maximum absolute atomic E-state index is 5.49. The number of fused-ring (bicyclic) bond motifs is 1. The van der Waals surface area contributed by atoms with Crippen LogP contribution < -0.4 is 15.6 Å². The molecule has 0 saturated heterocycles. The van der Waals surface area contributed by atoms with Crippen LogP contribution in [-0.4, -0.2) is 8.07 Å². The lowest BCUT2D eigenvalue weighted by molar-refractivity contribution is 0.0598. The average molecular weight is 347 g/mol. The molecule has 0 fully saturated rings. The van der Waals surface area contributed by atoms with Crippen LogP contribution in [0.1, 0.15) is 20.8 Å². The molecule has 0 bridgehead atoms. The van der Waals surface area contributed by atoms with Crippen molar-refractivity contribution in [3.8, 4) is 0 Å². The molecule has 0 aliphatic carbocycles. The van der Waals surface area contributed by atoms with Crippen molar-refractivity contribution in [1.29, 1.82) is 0 Å². The van der Waals surface area contributed by atoms with Gasteiger partial charge in [-0.05, 0) is 21.5 Å². The van der Waals surface area contributed by atoms with Crippen LogP contribution in [0, 0.1) is 0 Å². The molecule has 3 heteroatoms. The SMILES string of the molecule is CC(C)(C)[Si](c1ccccc1)(c1ccccc1)c1cccc2ooc12. The third kappa shape index (κ3) is 2.30. The van der Waals surface area contributed by atoms with Gasteiger partial charge in [0.1, 0.15) is 0 Å². The number of hydrogen-bond acceptors (Lipinski definition) is 2. The molecule has 0 saturated carbocycles. The highest BCUT2D eigenvalue weighted by Gasteiger charge is 2.51. The molecule has 0 spiro atoms. The molecular weight excluding hydrogens is 324 g/mol. The van der Waals surface area contributed by atoms with Crippen LogP contribution in [0.15, 0.2) is 88.0 Å². The van der Waals surface area contributed by atoms with E-state index in [2.05, 4.69) is 93.6 Å². The molecule has 4 aromatic rings. The third-order valence-electron chi connectivity index (χ3n) is 5.14. The fourth-order valence-electron chi connectivity index (χ4n) is 4.14. The maximum Gasteiger partial charge on any atom is 0.225 e. The van der Waals surface area contributed by atoms with Gasteiger partial charge in [-0.25, -0.2) is 0 Å². The minimum Gasteiger partial charge on any atom is -0.286 e. The summed E-state index contributed by atoms with van der Waals surface area (Å²) in [4.78, 5) is 0. The van der Waals surface area contributed by atoms with Gasteiger partial charge in [0.15, 0.2) is 8.07 Å². The summed E-state index contributed by atoms with van der Waals surface area (Å²) >= 11 is 0.